The molecule has 2 rings (SSSR count). The number of nitrogens with zero attached hydrogens (tertiary/aromatic N) is 1. The number of allylic oxidation sites excluding steroid dienone is 2. The van der Waals surface area contributed by atoms with E-state index in [2.05, 4.69) is 10.3 Å². The largest absolute Gasteiger partial charge is 0.392 e. The van der Waals surface area contributed by atoms with Gasteiger partial charge in [0.15, 0.2) is 0 Å². The molecule has 2 N–H and O–H groups in total. The highest BCUT2D eigenvalue weighted by molar-refractivity contribution is 5.24. The minimum absolute atomic E-state index is 0.0885. The quantitative estimate of drug-likeness (QED) is 0.727. The summed E-state index contributed by atoms with van der Waals surface area (Å²) in [5, 5.41) is 11.5. The smallest absolute Gasteiger partial charge is 0.0695 e. The minimum atomic E-state index is 0.0885. The summed E-state index contributed by atoms with van der Waals surface area (Å²) in [6.45, 7) is 0.0885. The van der Waals surface area contributed by atoms with E-state index in [0.29, 0.717) is 0 Å². The molecule has 1 aromatic rings. The fourth-order valence-electron chi connectivity index (χ4n) is 0.904. The van der Waals surface area contributed by atoms with E-state index in [1.165, 1.54) is 0 Å². The van der Waals surface area contributed by atoms with Crippen LogP contribution >= 0.6 is 0 Å². The second-order valence-corrected chi connectivity index (χ2v) is 2.79. The molecule has 0 bridgehead atoms. The molecule has 78 valence electrons. The SMILES string of the molecule is OCC1=CNC=CC=C1.c1ccncc1. The summed E-state index contributed by atoms with van der Waals surface area (Å²) in [7, 11) is 0. The van der Waals surface area contributed by atoms with Crippen molar-refractivity contribution in [1.29, 1.82) is 0 Å². The molecule has 0 radical (unpaired) electrons. The van der Waals surface area contributed by atoms with E-state index < -0.39 is 0 Å². The van der Waals surface area contributed by atoms with Gasteiger partial charge in [-0.2, -0.15) is 0 Å². The van der Waals surface area contributed by atoms with Gasteiger partial charge in [-0.3, -0.25) is 4.98 Å². The third kappa shape index (κ3) is 5.44. The van der Waals surface area contributed by atoms with E-state index >= 15 is 0 Å². The molecule has 0 unspecified atom stereocenters. The Kier molecular flexibility index (Phi) is 5.62. The Morgan fingerprint density at radius 3 is 2.47 bits per heavy atom. The molecule has 1 aliphatic heterocycles. The molecule has 0 atom stereocenters. The molecule has 1 aliphatic rings. The van der Waals surface area contributed by atoms with Crippen LogP contribution in [-0.4, -0.2) is 16.7 Å². The molecule has 0 aromatic carbocycles. The topological polar surface area (TPSA) is 45.1 Å². The first-order valence-corrected chi connectivity index (χ1v) is 4.67. The third-order valence-corrected chi connectivity index (χ3v) is 1.63. The monoisotopic (exact) mass is 202 g/mol. The van der Waals surface area contributed by atoms with Crippen LogP contribution in [0.5, 0.6) is 0 Å². The Bertz CT molecular complexity index is 315. The average Bonchev–Trinajstić information content (AvgIpc) is 2.60. The van der Waals surface area contributed by atoms with Gasteiger partial charge in [-0.05, 0) is 23.8 Å². The third-order valence-electron chi connectivity index (χ3n) is 1.63. The van der Waals surface area contributed by atoms with Crippen LogP contribution in [0.2, 0.25) is 0 Å². The van der Waals surface area contributed by atoms with Crippen LogP contribution in [0.4, 0.5) is 0 Å². The minimum Gasteiger partial charge on any atom is -0.392 e. The van der Waals surface area contributed by atoms with Gasteiger partial charge >= 0.3 is 0 Å². The van der Waals surface area contributed by atoms with Crippen molar-refractivity contribution in [3.05, 3.63) is 66.8 Å². The number of nitrogens with one attached hydrogen (secondary N) is 1. The molecular formula is C12H14N2O. The van der Waals surface area contributed by atoms with E-state index in [1.54, 1.807) is 24.8 Å². The molecule has 0 amide bonds. The Labute approximate surface area is 89.5 Å². The Balaban J connectivity index is 0.000000162. The molecule has 15 heavy (non-hydrogen) atoms. The maximum Gasteiger partial charge on any atom is 0.0695 e. The average molecular weight is 202 g/mol. The van der Waals surface area contributed by atoms with Gasteiger partial charge in [-0.15, -0.1) is 0 Å². The van der Waals surface area contributed by atoms with Gasteiger partial charge in [0.05, 0.1) is 6.61 Å². The number of pyridine rings is 1. The number of aliphatic hydroxyl groups excluding tert-OH is 1. The van der Waals surface area contributed by atoms with Gasteiger partial charge in [0.1, 0.15) is 0 Å². The molecule has 3 nitrogen and oxygen atoms in total. The fourth-order valence-corrected chi connectivity index (χ4v) is 0.904. The molecule has 1 aromatic heterocycles. The standard InChI is InChI=1S/C7H9NO.C5H5N/c9-6-7-3-1-2-4-8-5-7;1-2-4-6-5-3-1/h1-5,8-9H,6H2;1-5H. The molecule has 2 heterocycles. The van der Waals surface area contributed by atoms with E-state index in [1.807, 2.05) is 36.4 Å². The zero-order valence-corrected chi connectivity index (χ0v) is 8.38. The van der Waals surface area contributed by atoms with E-state index in [-0.39, 0.29) is 6.61 Å². The second-order valence-electron chi connectivity index (χ2n) is 2.79. The summed E-state index contributed by atoms with van der Waals surface area (Å²) in [6, 6.07) is 5.72. The van der Waals surface area contributed by atoms with Crippen LogP contribution in [-0.2, 0) is 0 Å². The maximum absolute atomic E-state index is 8.63. The van der Waals surface area contributed by atoms with Crippen LogP contribution in [0.3, 0.4) is 0 Å². The Morgan fingerprint density at radius 1 is 1.13 bits per heavy atom. The van der Waals surface area contributed by atoms with Gasteiger partial charge < -0.3 is 10.4 Å². The summed E-state index contributed by atoms with van der Waals surface area (Å²) >= 11 is 0. The normalized spacial score (nSPS) is 13.0. The Hall–Kier alpha value is -1.87. The van der Waals surface area contributed by atoms with Crippen molar-refractivity contribution >= 4 is 0 Å². The number of aliphatic hydroxyl groups is 1. The highest BCUT2D eigenvalue weighted by atomic mass is 16.3. The Morgan fingerprint density at radius 2 is 1.93 bits per heavy atom. The van der Waals surface area contributed by atoms with Gasteiger partial charge in [-0.1, -0.05) is 18.2 Å². The molecule has 0 aliphatic carbocycles. The second kappa shape index (κ2) is 7.53. The summed E-state index contributed by atoms with van der Waals surface area (Å²) in [5.41, 5.74) is 0.889. The number of hydrogen-bond donors (Lipinski definition) is 2. The summed E-state index contributed by atoms with van der Waals surface area (Å²) in [4.78, 5) is 3.78. The number of aromatic nitrogens is 1. The molecule has 0 spiro atoms. The lowest BCUT2D eigenvalue weighted by molar-refractivity contribution is 0.334. The lowest BCUT2D eigenvalue weighted by Crippen LogP contribution is -1.95. The van der Waals surface area contributed by atoms with Crippen LogP contribution in [0.15, 0.2) is 66.8 Å². The van der Waals surface area contributed by atoms with Crippen molar-refractivity contribution < 1.29 is 5.11 Å². The van der Waals surface area contributed by atoms with Crippen molar-refractivity contribution in [3.8, 4) is 0 Å². The lowest BCUT2D eigenvalue weighted by atomic mass is 10.3. The van der Waals surface area contributed by atoms with Crippen LogP contribution < -0.4 is 5.32 Å². The van der Waals surface area contributed by atoms with Crippen molar-refractivity contribution in [2.75, 3.05) is 6.61 Å². The number of hydrogen-bond acceptors (Lipinski definition) is 3. The van der Waals surface area contributed by atoms with E-state index in [0.717, 1.165) is 5.57 Å². The zero-order chi connectivity index (χ0) is 10.8. The first-order valence-electron chi connectivity index (χ1n) is 4.67. The molecular weight excluding hydrogens is 188 g/mol. The molecule has 3 heteroatoms. The van der Waals surface area contributed by atoms with Crippen molar-refractivity contribution in [3.63, 3.8) is 0 Å². The molecule has 0 fully saturated rings. The van der Waals surface area contributed by atoms with Gasteiger partial charge in [0.2, 0.25) is 0 Å². The highest BCUT2D eigenvalue weighted by Crippen LogP contribution is 1.96. The first kappa shape index (κ1) is 11.2. The van der Waals surface area contributed by atoms with Gasteiger partial charge in [-0.25, -0.2) is 0 Å². The number of rotatable bonds is 1. The summed E-state index contributed by atoms with van der Waals surface area (Å²) in [5.74, 6) is 0. The molecule has 0 saturated carbocycles. The van der Waals surface area contributed by atoms with E-state index in [4.69, 9.17) is 5.11 Å². The van der Waals surface area contributed by atoms with Gasteiger partial charge in [0.25, 0.3) is 0 Å². The first-order chi connectivity index (χ1) is 7.43. The van der Waals surface area contributed by atoms with Crippen molar-refractivity contribution in [2.45, 2.75) is 0 Å². The van der Waals surface area contributed by atoms with Gasteiger partial charge in [0, 0.05) is 24.8 Å². The van der Waals surface area contributed by atoms with Crippen LogP contribution in [0.25, 0.3) is 0 Å². The predicted molar refractivity (Wildman–Crippen MR) is 60.8 cm³/mol. The zero-order valence-electron chi connectivity index (χ0n) is 8.38. The fraction of sp³-hybridized carbons (Fsp3) is 0.0833. The van der Waals surface area contributed by atoms with E-state index in [9.17, 15) is 0 Å². The maximum atomic E-state index is 8.63. The summed E-state index contributed by atoms with van der Waals surface area (Å²) in [6.07, 6.45) is 12.7. The van der Waals surface area contributed by atoms with Crippen molar-refractivity contribution in [1.82, 2.24) is 10.3 Å². The van der Waals surface area contributed by atoms with Crippen LogP contribution in [0, 0.1) is 0 Å². The highest BCUT2D eigenvalue weighted by Gasteiger charge is 1.87. The van der Waals surface area contributed by atoms with Crippen LogP contribution in [0.1, 0.15) is 0 Å². The summed E-state index contributed by atoms with van der Waals surface area (Å²) < 4.78 is 0. The van der Waals surface area contributed by atoms with Crippen molar-refractivity contribution in [2.24, 2.45) is 0 Å². The predicted octanol–water partition coefficient (Wildman–Crippen LogP) is 1.62. The lowest BCUT2D eigenvalue weighted by Gasteiger charge is -1.91. The molecule has 0 saturated heterocycles.